The highest BCUT2D eigenvalue weighted by Crippen LogP contribution is 2.38. The normalized spacial score (nSPS) is 18.1. The maximum atomic E-state index is 5.42. The minimum absolute atomic E-state index is 0.614. The van der Waals surface area contributed by atoms with Crippen molar-refractivity contribution in [2.75, 3.05) is 0 Å². The van der Waals surface area contributed by atoms with Gasteiger partial charge in [0.05, 0.1) is 11.6 Å². The van der Waals surface area contributed by atoms with Gasteiger partial charge in [0, 0.05) is 4.88 Å². The first-order chi connectivity index (χ1) is 10.8. The Morgan fingerprint density at radius 1 is 1.41 bits per heavy atom. The van der Waals surface area contributed by atoms with Crippen LogP contribution < -0.4 is 0 Å². The van der Waals surface area contributed by atoms with Crippen LogP contribution in [0.5, 0.6) is 0 Å². The predicted molar refractivity (Wildman–Crippen MR) is 85.1 cm³/mol. The minimum Gasteiger partial charge on any atom is -0.461 e. The van der Waals surface area contributed by atoms with Crippen LogP contribution in [0.15, 0.2) is 29.1 Å². The Hall–Kier alpha value is -2.21. The fourth-order valence-corrected chi connectivity index (χ4v) is 4.44. The third-order valence-electron chi connectivity index (χ3n) is 4.37. The zero-order valence-corrected chi connectivity index (χ0v) is 12.9. The smallest absolute Gasteiger partial charge is 0.217 e. The van der Waals surface area contributed by atoms with Gasteiger partial charge >= 0.3 is 0 Å². The van der Waals surface area contributed by atoms with Crippen LogP contribution in [0.3, 0.4) is 0 Å². The predicted octanol–water partition coefficient (Wildman–Crippen LogP) is 3.72. The Bertz CT molecular complexity index is 983. The molecule has 0 saturated carbocycles. The fourth-order valence-electron chi connectivity index (χ4n) is 3.26. The Labute approximate surface area is 130 Å². The molecule has 0 spiro atoms. The highest BCUT2D eigenvalue weighted by atomic mass is 32.1. The van der Waals surface area contributed by atoms with Crippen LogP contribution in [0, 0.1) is 5.92 Å². The number of aryl methyl sites for hydroxylation is 1. The number of nitrogens with zero attached hydrogens (tertiary/aromatic N) is 4. The molecule has 6 heteroatoms. The van der Waals surface area contributed by atoms with Gasteiger partial charge in [-0.15, -0.1) is 16.4 Å². The minimum atomic E-state index is 0.614. The molecule has 0 aromatic carbocycles. The Balaban J connectivity index is 1.82. The van der Waals surface area contributed by atoms with Crippen molar-refractivity contribution in [1.82, 2.24) is 19.6 Å². The number of aromatic nitrogens is 4. The summed E-state index contributed by atoms with van der Waals surface area (Å²) in [5, 5.41) is 5.69. The topological polar surface area (TPSA) is 56.2 Å². The molecule has 0 radical (unpaired) electrons. The summed E-state index contributed by atoms with van der Waals surface area (Å²) in [5.74, 6) is 2.02. The lowest BCUT2D eigenvalue weighted by atomic mass is 9.89. The zero-order chi connectivity index (χ0) is 14.7. The van der Waals surface area contributed by atoms with Crippen LogP contribution in [-0.4, -0.2) is 19.6 Å². The van der Waals surface area contributed by atoms with Crippen molar-refractivity contribution in [2.45, 2.75) is 26.2 Å². The second-order valence-corrected chi connectivity index (χ2v) is 7.04. The molecule has 4 heterocycles. The molecule has 0 saturated heterocycles. The van der Waals surface area contributed by atoms with E-state index in [2.05, 4.69) is 17.0 Å². The van der Waals surface area contributed by atoms with Crippen molar-refractivity contribution in [3.8, 4) is 11.6 Å². The second kappa shape index (κ2) is 4.39. The molecular formula is C16H14N4OS. The summed E-state index contributed by atoms with van der Waals surface area (Å²) in [5.41, 5.74) is 2.32. The maximum Gasteiger partial charge on any atom is 0.217 e. The van der Waals surface area contributed by atoms with Gasteiger partial charge in [0.25, 0.3) is 0 Å². The fraction of sp³-hybridized carbons (Fsp3) is 0.312. The molecule has 4 aromatic rings. The number of rotatable bonds is 1. The van der Waals surface area contributed by atoms with Crippen molar-refractivity contribution >= 4 is 27.2 Å². The maximum absolute atomic E-state index is 5.42. The molecule has 22 heavy (non-hydrogen) atoms. The number of thiophene rings is 1. The number of hydrogen-bond acceptors (Lipinski definition) is 5. The van der Waals surface area contributed by atoms with Gasteiger partial charge < -0.3 is 4.42 Å². The van der Waals surface area contributed by atoms with E-state index in [1.165, 1.54) is 22.2 Å². The summed E-state index contributed by atoms with van der Waals surface area (Å²) >= 11 is 1.81. The van der Waals surface area contributed by atoms with E-state index in [-0.39, 0.29) is 0 Å². The summed E-state index contributed by atoms with van der Waals surface area (Å²) in [6, 6.07) is 3.73. The molecule has 0 bridgehead atoms. The van der Waals surface area contributed by atoms with E-state index in [0.29, 0.717) is 11.6 Å². The lowest BCUT2D eigenvalue weighted by Crippen LogP contribution is -2.09. The molecule has 1 atom stereocenters. The van der Waals surface area contributed by atoms with Gasteiger partial charge in [0.15, 0.2) is 11.4 Å². The second-order valence-electron chi connectivity index (χ2n) is 5.96. The Morgan fingerprint density at radius 3 is 3.23 bits per heavy atom. The van der Waals surface area contributed by atoms with Crippen molar-refractivity contribution in [1.29, 1.82) is 0 Å². The van der Waals surface area contributed by atoms with Gasteiger partial charge in [0.2, 0.25) is 5.82 Å². The van der Waals surface area contributed by atoms with E-state index < -0.39 is 0 Å². The highest BCUT2D eigenvalue weighted by Gasteiger charge is 2.24. The van der Waals surface area contributed by atoms with Crippen LogP contribution in [0.25, 0.3) is 27.4 Å². The molecule has 5 nitrogen and oxygen atoms in total. The highest BCUT2D eigenvalue weighted by molar-refractivity contribution is 7.19. The monoisotopic (exact) mass is 310 g/mol. The Morgan fingerprint density at radius 2 is 2.36 bits per heavy atom. The first kappa shape index (κ1) is 12.3. The van der Waals surface area contributed by atoms with E-state index in [9.17, 15) is 0 Å². The first-order valence-electron chi connectivity index (χ1n) is 7.49. The first-order valence-corrected chi connectivity index (χ1v) is 8.31. The molecular weight excluding hydrogens is 296 g/mol. The van der Waals surface area contributed by atoms with E-state index in [0.717, 1.165) is 29.2 Å². The molecule has 1 aliphatic rings. The van der Waals surface area contributed by atoms with Gasteiger partial charge in [-0.1, -0.05) is 6.92 Å². The zero-order valence-electron chi connectivity index (χ0n) is 12.1. The molecule has 0 aliphatic heterocycles. The third-order valence-corrected chi connectivity index (χ3v) is 5.57. The van der Waals surface area contributed by atoms with Crippen LogP contribution in [0.2, 0.25) is 0 Å². The average Bonchev–Trinajstić information content (AvgIpc) is 3.23. The molecule has 5 rings (SSSR count). The van der Waals surface area contributed by atoms with Crippen LogP contribution in [0.4, 0.5) is 0 Å². The van der Waals surface area contributed by atoms with E-state index in [1.807, 2.05) is 23.5 Å². The summed E-state index contributed by atoms with van der Waals surface area (Å²) < 4.78 is 7.19. The molecule has 110 valence electrons. The van der Waals surface area contributed by atoms with Crippen molar-refractivity contribution in [2.24, 2.45) is 5.92 Å². The van der Waals surface area contributed by atoms with E-state index in [1.54, 1.807) is 17.1 Å². The molecule has 0 fully saturated rings. The summed E-state index contributed by atoms with van der Waals surface area (Å²) in [7, 11) is 0. The molecule has 1 aliphatic carbocycles. The van der Waals surface area contributed by atoms with Crippen LogP contribution in [-0.2, 0) is 12.8 Å². The third kappa shape index (κ3) is 1.67. The summed E-state index contributed by atoms with van der Waals surface area (Å²) in [4.78, 5) is 11.8. The molecule has 0 unspecified atom stereocenters. The number of furan rings is 1. The summed E-state index contributed by atoms with van der Waals surface area (Å²) in [6.07, 6.45) is 6.93. The molecule has 0 amide bonds. The van der Waals surface area contributed by atoms with Crippen LogP contribution in [0.1, 0.15) is 23.8 Å². The van der Waals surface area contributed by atoms with Crippen molar-refractivity contribution in [3.63, 3.8) is 0 Å². The molecule has 0 N–H and O–H groups in total. The Kier molecular flexibility index (Phi) is 2.47. The van der Waals surface area contributed by atoms with E-state index in [4.69, 9.17) is 9.40 Å². The standard InChI is InChI=1S/C16H14N4OS/c1-9-4-5-12-10(7-9)13-15-18-14(11-3-2-6-21-11)19-20(15)8-17-16(13)22-12/h2-3,6,8-9H,4-5,7H2,1H3/t9-/m1/s1. The van der Waals surface area contributed by atoms with Crippen molar-refractivity contribution in [3.05, 3.63) is 35.2 Å². The average molecular weight is 310 g/mol. The van der Waals surface area contributed by atoms with Gasteiger partial charge in [0.1, 0.15) is 11.2 Å². The van der Waals surface area contributed by atoms with E-state index >= 15 is 0 Å². The lowest BCUT2D eigenvalue weighted by Gasteiger charge is -2.17. The largest absolute Gasteiger partial charge is 0.461 e. The molecule has 4 aromatic heterocycles. The lowest BCUT2D eigenvalue weighted by molar-refractivity contribution is 0.508. The number of fused-ring (bicyclic) bond motifs is 5. The number of hydrogen-bond donors (Lipinski definition) is 0. The quantitative estimate of drug-likeness (QED) is 0.537. The van der Waals surface area contributed by atoms with Gasteiger partial charge in [-0.3, -0.25) is 0 Å². The summed E-state index contributed by atoms with van der Waals surface area (Å²) in [6.45, 7) is 2.32. The SMILES string of the molecule is C[C@@H]1CCc2sc3ncn4nc(-c5ccco5)nc4c3c2C1. The van der Waals surface area contributed by atoms with Gasteiger partial charge in [-0.05, 0) is 42.9 Å². The van der Waals surface area contributed by atoms with Gasteiger partial charge in [-0.25, -0.2) is 14.5 Å². The van der Waals surface area contributed by atoms with Gasteiger partial charge in [-0.2, -0.15) is 0 Å². The van der Waals surface area contributed by atoms with Crippen molar-refractivity contribution < 1.29 is 4.42 Å². The van der Waals surface area contributed by atoms with Crippen LogP contribution >= 0.6 is 11.3 Å².